The van der Waals surface area contributed by atoms with E-state index in [0.29, 0.717) is 12.2 Å². The number of ketones is 1. The molecule has 0 saturated carbocycles. The molecule has 0 atom stereocenters. The Morgan fingerprint density at radius 1 is 1.89 bits per heavy atom. The topological polar surface area (TPSA) is 42.9 Å². The predicted octanol–water partition coefficient (Wildman–Crippen LogP) is 0.670. The van der Waals surface area contributed by atoms with Crippen LogP contribution < -0.4 is 0 Å². The Kier molecular flexibility index (Phi) is 1.89. The van der Waals surface area contributed by atoms with Crippen LogP contribution >= 0.6 is 11.5 Å². The molecule has 0 amide bonds. The molecular formula is C5H6N2OS. The zero-order valence-corrected chi connectivity index (χ0v) is 5.81. The van der Waals surface area contributed by atoms with Crippen LogP contribution in [0.4, 0.5) is 0 Å². The maximum atomic E-state index is 10.4. The summed E-state index contributed by atoms with van der Waals surface area (Å²) in [7, 11) is 0. The van der Waals surface area contributed by atoms with Crippen LogP contribution in [0.1, 0.15) is 12.7 Å². The number of rotatable bonds is 2. The molecule has 1 aromatic rings. The van der Waals surface area contributed by atoms with Crippen molar-refractivity contribution in [3.8, 4) is 0 Å². The highest BCUT2D eigenvalue weighted by atomic mass is 32.1. The largest absolute Gasteiger partial charge is 0.300 e. The van der Waals surface area contributed by atoms with Gasteiger partial charge in [-0.1, -0.05) is 0 Å². The summed E-state index contributed by atoms with van der Waals surface area (Å²) in [6.07, 6.45) is 0.365. The lowest BCUT2D eigenvalue weighted by Crippen LogP contribution is -1.97. The molecule has 0 aromatic carbocycles. The molecule has 9 heavy (non-hydrogen) atoms. The predicted molar refractivity (Wildman–Crippen MR) is 34.3 cm³/mol. The van der Waals surface area contributed by atoms with Crippen LogP contribution in [0.25, 0.3) is 0 Å². The van der Waals surface area contributed by atoms with Crippen LogP contribution in [0.15, 0.2) is 5.51 Å². The van der Waals surface area contributed by atoms with E-state index >= 15 is 0 Å². The number of carbonyl (C=O) groups excluding carboxylic acids is 1. The monoisotopic (exact) mass is 142 g/mol. The Labute approximate surface area is 56.9 Å². The lowest BCUT2D eigenvalue weighted by atomic mass is 10.3. The minimum atomic E-state index is 0.105. The second-order valence-corrected chi connectivity index (χ2v) is 2.33. The minimum absolute atomic E-state index is 0.105. The van der Waals surface area contributed by atoms with Gasteiger partial charge < -0.3 is 0 Å². The molecule has 1 aromatic heterocycles. The fraction of sp³-hybridized carbons (Fsp3) is 0.400. The summed E-state index contributed by atoms with van der Waals surface area (Å²) < 4.78 is 3.87. The Balaban J connectivity index is 2.58. The number of hydrogen-bond acceptors (Lipinski definition) is 4. The summed E-state index contributed by atoms with van der Waals surface area (Å²) in [5, 5.41) is 0. The van der Waals surface area contributed by atoms with Crippen molar-refractivity contribution < 1.29 is 4.79 Å². The minimum Gasteiger partial charge on any atom is -0.300 e. The smallest absolute Gasteiger partial charge is 0.149 e. The first-order valence-electron chi connectivity index (χ1n) is 2.53. The molecule has 48 valence electrons. The summed E-state index contributed by atoms with van der Waals surface area (Å²) >= 11 is 1.27. The SMILES string of the molecule is CC(=O)Cc1ncsn1. The fourth-order valence-corrected chi connectivity index (χ4v) is 0.942. The highest BCUT2D eigenvalue weighted by Gasteiger charge is 1.98. The van der Waals surface area contributed by atoms with E-state index in [1.807, 2.05) is 0 Å². The summed E-state index contributed by atoms with van der Waals surface area (Å²) in [5.41, 5.74) is 1.62. The van der Waals surface area contributed by atoms with E-state index in [1.54, 1.807) is 5.51 Å². The Hall–Kier alpha value is -0.770. The molecule has 0 bridgehead atoms. The van der Waals surface area contributed by atoms with Crippen molar-refractivity contribution in [2.24, 2.45) is 0 Å². The first-order chi connectivity index (χ1) is 4.29. The van der Waals surface area contributed by atoms with Gasteiger partial charge in [-0.2, -0.15) is 4.37 Å². The van der Waals surface area contributed by atoms with Gasteiger partial charge in [-0.05, 0) is 18.5 Å². The van der Waals surface area contributed by atoms with E-state index in [1.165, 1.54) is 18.5 Å². The molecule has 0 unspecified atom stereocenters. The van der Waals surface area contributed by atoms with Crippen LogP contribution in [-0.4, -0.2) is 15.1 Å². The number of carbonyl (C=O) groups is 1. The van der Waals surface area contributed by atoms with E-state index in [2.05, 4.69) is 9.36 Å². The number of Topliss-reactive ketones (excluding diaryl/α,β-unsaturated/α-hetero) is 1. The quantitative estimate of drug-likeness (QED) is 0.609. The van der Waals surface area contributed by atoms with Crippen LogP contribution in [0.2, 0.25) is 0 Å². The van der Waals surface area contributed by atoms with Crippen LogP contribution in [0.3, 0.4) is 0 Å². The van der Waals surface area contributed by atoms with E-state index in [9.17, 15) is 4.79 Å². The van der Waals surface area contributed by atoms with E-state index in [0.717, 1.165) is 0 Å². The van der Waals surface area contributed by atoms with Gasteiger partial charge in [-0.3, -0.25) is 4.79 Å². The molecule has 0 spiro atoms. The molecule has 0 aliphatic rings. The third-order valence-corrected chi connectivity index (χ3v) is 1.33. The van der Waals surface area contributed by atoms with Crippen molar-refractivity contribution in [2.45, 2.75) is 13.3 Å². The summed E-state index contributed by atoms with van der Waals surface area (Å²) in [4.78, 5) is 14.3. The van der Waals surface area contributed by atoms with Gasteiger partial charge in [0.15, 0.2) is 0 Å². The standard InChI is InChI=1S/C5H6N2OS/c1-4(8)2-5-6-3-9-7-5/h3H,2H2,1H3. The molecule has 0 aliphatic carbocycles. The van der Waals surface area contributed by atoms with Gasteiger partial charge in [0, 0.05) is 0 Å². The molecule has 4 heteroatoms. The molecule has 1 rings (SSSR count). The normalized spacial score (nSPS) is 9.44. The van der Waals surface area contributed by atoms with Crippen LogP contribution in [-0.2, 0) is 11.2 Å². The number of aromatic nitrogens is 2. The highest BCUT2D eigenvalue weighted by molar-refractivity contribution is 7.03. The molecule has 0 radical (unpaired) electrons. The van der Waals surface area contributed by atoms with E-state index in [-0.39, 0.29) is 5.78 Å². The highest BCUT2D eigenvalue weighted by Crippen LogP contribution is 1.94. The first-order valence-corrected chi connectivity index (χ1v) is 3.37. The molecule has 0 fully saturated rings. The Morgan fingerprint density at radius 3 is 3.11 bits per heavy atom. The maximum Gasteiger partial charge on any atom is 0.149 e. The van der Waals surface area contributed by atoms with Crippen molar-refractivity contribution in [2.75, 3.05) is 0 Å². The summed E-state index contributed by atoms with van der Waals surface area (Å²) in [6.45, 7) is 1.53. The molecular weight excluding hydrogens is 136 g/mol. The van der Waals surface area contributed by atoms with Gasteiger partial charge in [0.2, 0.25) is 0 Å². The second kappa shape index (κ2) is 2.68. The zero-order chi connectivity index (χ0) is 6.69. The average Bonchev–Trinajstić information content (AvgIpc) is 2.15. The van der Waals surface area contributed by atoms with E-state index in [4.69, 9.17) is 0 Å². The molecule has 1 heterocycles. The van der Waals surface area contributed by atoms with Gasteiger partial charge in [-0.15, -0.1) is 0 Å². The lowest BCUT2D eigenvalue weighted by Gasteiger charge is -1.83. The Morgan fingerprint density at radius 2 is 2.67 bits per heavy atom. The average molecular weight is 142 g/mol. The maximum absolute atomic E-state index is 10.4. The summed E-state index contributed by atoms with van der Waals surface area (Å²) in [5.74, 6) is 0.737. The zero-order valence-electron chi connectivity index (χ0n) is 5.00. The summed E-state index contributed by atoms with van der Waals surface area (Å²) in [6, 6.07) is 0. The molecule has 0 aliphatic heterocycles. The van der Waals surface area contributed by atoms with E-state index < -0.39 is 0 Å². The van der Waals surface area contributed by atoms with Crippen molar-refractivity contribution in [3.05, 3.63) is 11.3 Å². The number of hydrogen-bond donors (Lipinski definition) is 0. The Bertz CT molecular complexity index is 195. The van der Waals surface area contributed by atoms with Crippen molar-refractivity contribution >= 4 is 17.3 Å². The first kappa shape index (κ1) is 6.35. The van der Waals surface area contributed by atoms with Gasteiger partial charge >= 0.3 is 0 Å². The lowest BCUT2D eigenvalue weighted by molar-refractivity contribution is -0.116. The second-order valence-electron chi connectivity index (χ2n) is 1.73. The molecule has 3 nitrogen and oxygen atoms in total. The van der Waals surface area contributed by atoms with Crippen molar-refractivity contribution in [3.63, 3.8) is 0 Å². The van der Waals surface area contributed by atoms with Crippen LogP contribution in [0, 0.1) is 0 Å². The van der Waals surface area contributed by atoms with Crippen molar-refractivity contribution in [1.82, 2.24) is 9.36 Å². The molecule has 0 saturated heterocycles. The van der Waals surface area contributed by atoms with Gasteiger partial charge in [0.1, 0.15) is 17.1 Å². The van der Waals surface area contributed by atoms with Gasteiger partial charge in [0.05, 0.1) is 6.42 Å². The fourth-order valence-electron chi connectivity index (χ4n) is 0.493. The number of nitrogens with zero attached hydrogens (tertiary/aromatic N) is 2. The van der Waals surface area contributed by atoms with Crippen LogP contribution in [0.5, 0.6) is 0 Å². The third-order valence-electron chi connectivity index (χ3n) is 0.814. The van der Waals surface area contributed by atoms with Crippen molar-refractivity contribution in [1.29, 1.82) is 0 Å². The third kappa shape index (κ3) is 1.89. The van der Waals surface area contributed by atoms with Gasteiger partial charge in [0.25, 0.3) is 0 Å². The molecule has 0 N–H and O–H groups in total. The van der Waals surface area contributed by atoms with Gasteiger partial charge in [-0.25, -0.2) is 4.98 Å².